The number of allylic oxidation sites excluding steroid dienone is 4. The van der Waals surface area contributed by atoms with Crippen LogP contribution < -0.4 is 20.6 Å². The Labute approximate surface area is 244 Å². The highest BCUT2D eigenvalue weighted by molar-refractivity contribution is 6.42. The number of fused-ring (bicyclic) bond motifs is 1. The van der Waals surface area contributed by atoms with Crippen LogP contribution in [0.25, 0.3) is 16.6 Å². The molecule has 212 valence electrons. The van der Waals surface area contributed by atoms with Gasteiger partial charge in [-0.25, -0.2) is 4.98 Å². The largest absolute Gasteiger partial charge is 0.406 e. The summed E-state index contributed by atoms with van der Waals surface area (Å²) in [7, 11) is 1.57. The van der Waals surface area contributed by atoms with Gasteiger partial charge in [-0.1, -0.05) is 29.3 Å². The summed E-state index contributed by atoms with van der Waals surface area (Å²) in [6, 6.07) is 10.5. The molecule has 0 bridgehead atoms. The molecular formula is C29H34Cl2N6O3. The summed E-state index contributed by atoms with van der Waals surface area (Å²) in [5.41, 5.74) is 2.80. The highest BCUT2D eigenvalue weighted by Gasteiger charge is 2.23. The van der Waals surface area contributed by atoms with Crippen molar-refractivity contribution in [3.8, 4) is 0 Å². The summed E-state index contributed by atoms with van der Waals surface area (Å²) in [6.07, 6.45) is 4.85. The van der Waals surface area contributed by atoms with Crippen molar-refractivity contribution < 1.29 is 9.57 Å². The Morgan fingerprint density at radius 3 is 2.50 bits per heavy atom. The quantitative estimate of drug-likeness (QED) is 0.351. The van der Waals surface area contributed by atoms with Gasteiger partial charge < -0.3 is 19.8 Å². The second kappa shape index (κ2) is 12.6. The fourth-order valence-corrected chi connectivity index (χ4v) is 5.66. The van der Waals surface area contributed by atoms with Crippen molar-refractivity contribution in [1.29, 1.82) is 0 Å². The molecule has 5 rings (SSSR count). The number of methoxy groups -OCH3 is 1. The number of aromatic nitrogens is 3. The molecule has 1 saturated heterocycles. The number of hydrogen-bond donors (Lipinski definition) is 1. The van der Waals surface area contributed by atoms with Crippen LogP contribution in [0.15, 0.2) is 57.5 Å². The van der Waals surface area contributed by atoms with Gasteiger partial charge in [-0.2, -0.15) is 4.98 Å². The molecule has 2 aliphatic rings. The summed E-state index contributed by atoms with van der Waals surface area (Å²) >= 11 is 13.0. The number of nitrogens with zero attached hydrogens (tertiary/aromatic N) is 5. The van der Waals surface area contributed by atoms with E-state index in [1.165, 1.54) is 10.4 Å². The van der Waals surface area contributed by atoms with Crippen LogP contribution in [-0.2, 0) is 4.74 Å². The Kier molecular flexibility index (Phi) is 8.95. The van der Waals surface area contributed by atoms with Gasteiger partial charge in [0.2, 0.25) is 5.95 Å². The van der Waals surface area contributed by atoms with E-state index in [9.17, 15) is 4.79 Å². The van der Waals surface area contributed by atoms with Gasteiger partial charge in [-0.15, -0.1) is 4.73 Å². The third-order valence-corrected chi connectivity index (χ3v) is 7.93. The molecule has 0 saturated carbocycles. The SMILES string of the molecule is COCCOn1c(=O)c(C2=C(Cl)CCC=C2Cl)cc2cnc(Nc3ccc(N4CCN(C(C)C)CC4)cc3)nc21. The van der Waals surface area contributed by atoms with Crippen LogP contribution in [0.3, 0.4) is 0 Å². The molecule has 1 aliphatic heterocycles. The van der Waals surface area contributed by atoms with Crippen LogP contribution in [0, 0.1) is 0 Å². The molecule has 40 heavy (non-hydrogen) atoms. The molecule has 11 heteroatoms. The molecule has 1 fully saturated rings. The summed E-state index contributed by atoms with van der Waals surface area (Å²) in [5, 5.41) is 4.84. The third kappa shape index (κ3) is 6.12. The van der Waals surface area contributed by atoms with Crippen LogP contribution in [0.1, 0.15) is 32.3 Å². The van der Waals surface area contributed by atoms with Crippen LogP contribution in [0.5, 0.6) is 0 Å². The predicted octanol–water partition coefficient (Wildman–Crippen LogP) is 5.01. The number of rotatable bonds is 9. The smallest absolute Gasteiger partial charge is 0.293 e. The fourth-order valence-electron chi connectivity index (χ4n) is 4.98. The van der Waals surface area contributed by atoms with E-state index in [1.54, 1.807) is 19.4 Å². The lowest BCUT2D eigenvalue weighted by Gasteiger charge is -2.38. The van der Waals surface area contributed by atoms with Gasteiger partial charge in [-0.05, 0) is 57.0 Å². The first-order chi connectivity index (χ1) is 19.4. The van der Waals surface area contributed by atoms with E-state index < -0.39 is 5.56 Å². The minimum Gasteiger partial charge on any atom is -0.406 e. The zero-order valence-electron chi connectivity index (χ0n) is 23.0. The van der Waals surface area contributed by atoms with Crippen molar-refractivity contribution in [1.82, 2.24) is 19.6 Å². The number of pyridine rings is 1. The van der Waals surface area contributed by atoms with Crippen LogP contribution in [-0.4, -0.2) is 72.1 Å². The van der Waals surface area contributed by atoms with Crippen molar-refractivity contribution >= 4 is 57.1 Å². The fraction of sp³-hybridized carbons (Fsp3) is 0.414. The minimum atomic E-state index is -0.406. The Bertz CT molecular complexity index is 1480. The van der Waals surface area contributed by atoms with E-state index in [4.69, 9.17) is 32.8 Å². The van der Waals surface area contributed by atoms with Gasteiger partial charge in [0.05, 0.1) is 12.2 Å². The molecule has 0 atom stereocenters. The Morgan fingerprint density at radius 1 is 1.07 bits per heavy atom. The molecule has 1 aliphatic carbocycles. The number of anilines is 3. The Balaban J connectivity index is 1.41. The lowest BCUT2D eigenvalue weighted by Crippen LogP contribution is -2.48. The molecule has 1 N–H and O–H groups in total. The lowest BCUT2D eigenvalue weighted by atomic mass is 9.99. The molecule has 0 spiro atoms. The topological polar surface area (TPSA) is 84.7 Å². The second-order valence-electron chi connectivity index (χ2n) is 10.1. The highest BCUT2D eigenvalue weighted by Crippen LogP contribution is 2.36. The van der Waals surface area contributed by atoms with Gasteiger partial charge >= 0.3 is 0 Å². The van der Waals surface area contributed by atoms with Crippen molar-refractivity contribution in [3.63, 3.8) is 0 Å². The highest BCUT2D eigenvalue weighted by atomic mass is 35.5. The van der Waals surface area contributed by atoms with Gasteiger partial charge in [-0.3, -0.25) is 9.69 Å². The van der Waals surface area contributed by atoms with Crippen molar-refractivity contribution in [2.45, 2.75) is 32.7 Å². The molecule has 9 nitrogen and oxygen atoms in total. The zero-order valence-corrected chi connectivity index (χ0v) is 24.5. The van der Waals surface area contributed by atoms with E-state index in [2.05, 4.69) is 51.1 Å². The standard InChI is InChI=1S/C29H34Cl2N6O3/c1-19(2)35-11-13-36(14-12-35)22-9-7-21(8-10-22)33-29-32-18-20-17-23(26-24(30)5-4-6-25(26)31)28(38)37(27(20)34-29)40-16-15-39-3/h5,7-10,17-19H,4,6,11-16H2,1-3H3,(H,32,33,34). The molecule has 0 radical (unpaired) electrons. The maximum absolute atomic E-state index is 13.6. The van der Waals surface area contributed by atoms with Gasteiger partial charge in [0.25, 0.3) is 5.56 Å². The van der Waals surface area contributed by atoms with Crippen LogP contribution in [0.4, 0.5) is 17.3 Å². The molecule has 3 heterocycles. The summed E-state index contributed by atoms with van der Waals surface area (Å²) < 4.78 is 6.29. The van der Waals surface area contributed by atoms with Gasteiger partial charge in [0.15, 0.2) is 5.65 Å². The van der Waals surface area contributed by atoms with Gasteiger partial charge in [0, 0.05) is 77.9 Å². The van der Waals surface area contributed by atoms with E-state index >= 15 is 0 Å². The Hall–Kier alpha value is -3.11. The van der Waals surface area contributed by atoms with Crippen LogP contribution in [0.2, 0.25) is 0 Å². The average Bonchev–Trinajstić information content (AvgIpc) is 2.95. The molecule has 2 aromatic heterocycles. The number of hydrogen-bond acceptors (Lipinski definition) is 8. The molecule has 0 amide bonds. The Morgan fingerprint density at radius 2 is 1.82 bits per heavy atom. The molecular weight excluding hydrogens is 551 g/mol. The third-order valence-electron chi connectivity index (χ3n) is 7.21. The number of benzene rings is 1. The average molecular weight is 586 g/mol. The zero-order chi connectivity index (χ0) is 28.2. The number of ether oxygens (including phenoxy) is 1. The minimum absolute atomic E-state index is 0.158. The first-order valence-corrected chi connectivity index (χ1v) is 14.3. The van der Waals surface area contributed by atoms with Crippen LogP contribution >= 0.6 is 23.2 Å². The summed E-state index contributed by atoms with van der Waals surface area (Å²) in [4.78, 5) is 33.5. The lowest BCUT2D eigenvalue weighted by molar-refractivity contribution is 0.0581. The molecule has 1 aromatic carbocycles. The number of nitrogens with one attached hydrogen (secondary N) is 1. The number of piperazine rings is 1. The first kappa shape index (κ1) is 28.4. The van der Waals surface area contributed by atoms with E-state index in [0.717, 1.165) is 38.3 Å². The maximum Gasteiger partial charge on any atom is 0.293 e. The van der Waals surface area contributed by atoms with Crippen molar-refractivity contribution in [2.75, 3.05) is 56.7 Å². The first-order valence-electron chi connectivity index (χ1n) is 13.5. The maximum atomic E-state index is 13.6. The molecule has 0 unspecified atom stereocenters. The van der Waals surface area contributed by atoms with E-state index in [1.807, 2.05) is 18.2 Å². The normalized spacial score (nSPS) is 16.6. The second-order valence-corrected chi connectivity index (χ2v) is 11.0. The summed E-state index contributed by atoms with van der Waals surface area (Å²) in [6.45, 7) is 9.07. The number of halogens is 2. The molecule has 3 aromatic rings. The van der Waals surface area contributed by atoms with E-state index in [-0.39, 0.29) is 6.61 Å². The predicted molar refractivity (Wildman–Crippen MR) is 162 cm³/mol. The van der Waals surface area contributed by atoms with Gasteiger partial charge in [0.1, 0.15) is 6.61 Å². The van der Waals surface area contributed by atoms with Crippen molar-refractivity contribution in [3.05, 3.63) is 68.6 Å². The summed E-state index contributed by atoms with van der Waals surface area (Å²) in [5.74, 6) is 0.342. The monoisotopic (exact) mass is 584 g/mol. The van der Waals surface area contributed by atoms with Crippen molar-refractivity contribution in [2.24, 2.45) is 0 Å². The van der Waals surface area contributed by atoms with E-state index in [0.29, 0.717) is 57.3 Å².